The Morgan fingerprint density at radius 2 is 2.24 bits per heavy atom. The van der Waals surface area contributed by atoms with Gasteiger partial charge in [-0.25, -0.2) is 4.98 Å². The van der Waals surface area contributed by atoms with E-state index in [0.29, 0.717) is 11.6 Å². The largest absolute Gasteiger partial charge is 0.302 e. The minimum absolute atomic E-state index is 0.00846. The smallest absolute Gasteiger partial charge is 0.152 e. The second-order valence-corrected chi connectivity index (χ2v) is 8.67. The molecule has 2 aromatic rings. The predicted octanol–water partition coefficient (Wildman–Crippen LogP) is 4.82. The van der Waals surface area contributed by atoms with Crippen molar-refractivity contribution < 1.29 is 9.59 Å². The normalized spacial score (nSPS) is 21.2. The molecule has 0 amide bonds. The van der Waals surface area contributed by atoms with Crippen molar-refractivity contribution in [2.24, 2.45) is 11.8 Å². The third-order valence-corrected chi connectivity index (χ3v) is 6.54. The number of hydrogen-bond acceptors (Lipinski definition) is 5. The first-order valence-electron chi connectivity index (χ1n) is 8.64. The predicted molar refractivity (Wildman–Crippen MR) is 103 cm³/mol. The first-order valence-corrected chi connectivity index (χ1v) is 10.2. The van der Waals surface area contributed by atoms with Gasteiger partial charge in [-0.2, -0.15) is 0 Å². The Bertz CT molecular complexity index is 772. The molecule has 0 N–H and O–H groups in total. The molecule has 132 valence electrons. The number of aryl methyl sites for hydroxylation is 1. The summed E-state index contributed by atoms with van der Waals surface area (Å²) in [6.07, 6.45) is 6.09. The molecule has 0 radical (unpaired) electrons. The molecule has 25 heavy (non-hydrogen) atoms. The molecule has 1 fully saturated rings. The topological polar surface area (TPSA) is 59.9 Å². The van der Waals surface area contributed by atoms with Crippen LogP contribution in [0.3, 0.4) is 0 Å². The van der Waals surface area contributed by atoms with Crippen molar-refractivity contribution in [3.05, 3.63) is 33.4 Å². The number of carbonyl (C=O) groups is 2. The van der Waals surface area contributed by atoms with Gasteiger partial charge < -0.3 is 4.79 Å². The summed E-state index contributed by atoms with van der Waals surface area (Å²) in [5.74, 6) is -0.156. The molecule has 0 aromatic carbocycles. The molecule has 6 heteroatoms. The van der Waals surface area contributed by atoms with Crippen molar-refractivity contribution >= 4 is 39.3 Å². The lowest BCUT2D eigenvalue weighted by atomic mass is 9.89. The van der Waals surface area contributed by atoms with Crippen LogP contribution in [0.4, 0.5) is 0 Å². The second kappa shape index (κ2) is 7.87. The Morgan fingerprint density at radius 1 is 1.44 bits per heavy atom. The molecular weight excluding hydrogens is 400 g/mol. The van der Waals surface area contributed by atoms with Crippen molar-refractivity contribution in [1.29, 1.82) is 0 Å². The lowest BCUT2D eigenvalue weighted by Gasteiger charge is -2.14. The zero-order valence-electron chi connectivity index (χ0n) is 14.4. The van der Waals surface area contributed by atoms with Crippen LogP contribution in [0.2, 0.25) is 0 Å². The van der Waals surface area contributed by atoms with E-state index in [9.17, 15) is 9.59 Å². The monoisotopic (exact) mass is 420 g/mol. The third-order valence-electron chi connectivity index (χ3n) is 4.83. The number of hydrogen-bond donors (Lipinski definition) is 0. The van der Waals surface area contributed by atoms with E-state index >= 15 is 0 Å². The number of aldehydes is 1. The van der Waals surface area contributed by atoms with E-state index in [1.807, 2.05) is 19.1 Å². The van der Waals surface area contributed by atoms with Crippen LogP contribution in [0.1, 0.15) is 49.6 Å². The molecule has 4 nitrogen and oxygen atoms in total. The highest BCUT2D eigenvalue weighted by molar-refractivity contribution is 9.10. The van der Waals surface area contributed by atoms with Crippen molar-refractivity contribution in [2.75, 3.05) is 0 Å². The molecule has 0 spiro atoms. The minimum atomic E-state index is -0.745. The van der Waals surface area contributed by atoms with Gasteiger partial charge in [0.25, 0.3) is 0 Å². The van der Waals surface area contributed by atoms with Crippen molar-refractivity contribution in [2.45, 2.75) is 45.4 Å². The summed E-state index contributed by atoms with van der Waals surface area (Å²) in [6.45, 7) is 4.20. The Labute approximate surface area is 160 Å². The first-order chi connectivity index (χ1) is 12.0. The lowest BCUT2D eigenvalue weighted by Crippen LogP contribution is -2.22. The maximum atomic E-state index is 12.9. The molecule has 1 unspecified atom stereocenters. The Morgan fingerprint density at radius 3 is 2.80 bits per heavy atom. The molecule has 2 aromatic heterocycles. The molecule has 0 bridgehead atoms. The summed E-state index contributed by atoms with van der Waals surface area (Å²) in [6, 6.07) is 3.81. The van der Waals surface area contributed by atoms with Gasteiger partial charge in [-0.15, -0.1) is 11.3 Å². The van der Waals surface area contributed by atoms with E-state index in [-0.39, 0.29) is 11.7 Å². The molecule has 3 rings (SSSR count). The average Bonchev–Trinajstić information content (AvgIpc) is 3.23. The van der Waals surface area contributed by atoms with E-state index in [1.54, 1.807) is 6.20 Å². The number of pyridine rings is 1. The lowest BCUT2D eigenvalue weighted by molar-refractivity contribution is -0.127. The van der Waals surface area contributed by atoms with Gasteiger partial charge in [0.2, 0.25) is 0 Å². The van der Waals surface area contributed by atoms with Crippen molar-refractivity contribution in [3.8, 4) is 10.7 Å². The minimum Gasteiger partial charge on any atom is -0.302 e. The molecule has 1 aliphatic carbocycles. The SMILES string of the molecule is CCc1sc(-c2ccc(Br)cn2)nc1C(C=O)C(=O)[C@@H]1CC[C@H](C)C1. The summed E-state index contributed by atoms with van der Waals surface area (Å²) < 4.78 is 0.903. The van der Waals surface area contributed by atoms with Gasteiger partial charge in [0.05, 0.1) is 11.4 Å². The van der Waals surface area contributed by atoms with E-state index < -0.39 is 5.92 Å². The quantitative estimate of drug-likeness (QED) is 0.496. The fraction of sp³-hybridized carbons (Fsp3) is 0.474. The van der Waals surface area contributed by atoms with Gasteiger partial charge in [0, 0.05) is 21.5 Å². The van der Waals surface area contributed by atoms with Gasteiger partial charge >= 0.3 is 0 Å². The average molecular weight is 421 g/mol. The number of carbonyl (C=O) groups excluding carboxylic acids is 2. The molecule has 1 aliphatic rings. The van der Waals surface area contributed by atoms with Crippen LogP contribution in [-0.4, -0.2) is 22.0 Å². The zero-order valence-corrected chi connectivity index (χ0v) is 16.8. The highest BCUT2D eigenvalue weighted by Gasteiger charge is 2.35. The number of rotatable bonds is 6. The van der Waals surface area contributed by atoms with Crippen molar-refractivity contribution in [3.63, 3.8) is 0 Å². The molecule has 3 atom stereocenters. The molecule has 2 heterocycles. The van der Waals surface area contributed by atoms with Crippen LogP contribution in [0, 0.1) is 11.8 Å². The van der Waals surface area contributed by atoms with Crippen LogP contribution >= 0.6 is 27.3 Å². The van der Waals surface area contributed by atoms with Crippen LogP contribution < -0.4 is 0 Å². The number of Topliss-reactive ketones (excluding diaryl/α,β-unsaturated/α-hetero) is 1. The van der Waals surface area contributed by atoms with Crippen LogP contribution in [0.5, 0.6) is 0 Å². The van der Waals surface area contributed by atoms with Crippen LogP contribution in [-0.2, 0) is 16.0 Å². The standard InChI is InChI=1S/C19H21BrN2O2S/c1-3-16-17(14(10-23)18(24)12-5-4-11(2)8-12)22-19(25-16)15-7-6-13(20)9-21-15/h6-7,9-12,14H,3-5,8H2,1-2H3/t11-,12+,14?/m0/s1. The number of thiazole rings is 1. The van der Waals surface area contributed by atoms with Crippen LogP contribution in [0.15, 0.2) is 22.8 Å². The van der Waals surface area contributed by atoms with Gasteiger partial charge in [-0.05, 0) is 59.7 Å². The second-order valence-electron chi connectivity index (χ2n) is 6.67. The van der Waals surface area contributed by atoms with Gasteiger partial charge in [-0.3, -0.25) is 9.78 Å². The molecule has 1 saturated carbocycles. The summed E-state index contributed by atoms with van der Waals surface area (Å²) in [4.78, 5) is 34.7. The highest BCUT2D eigenvalue weighted by atomic mass is 79.9. The third kappa shape index (κ3) is 3.90. The number of nitrogens with zero attached hydrogens (tertiary/aromatic N) is 2. The summed E-state index contributed by atoms with van der Waals surface area (Å²) in [5, 5.41) is 0.763. The highest BCUT2D eigenvalue weighted by Crippen LogP contribution is 2.37. The van der Waals surface area contributed by atoms with Gasteiger partial charge in [0.15, 0.2) is 5.78 Å². The van der Waals surface area contributed by atoms with E-state index in [1.165, 1.54) is 11.3 Å². The molecule has 0 saturated heterocycles. The molecule has 0 aliphatic heterocycles. The number of ketones is 1. The van der Waals surface area contributed by atoms with Crippen LogP contribution in [0.25, 0.3) is 10.7 Å². The van der Waals surface area contributed by atoms with Gasteiger partial charge in [0.1, 0.15) is 17.2 Å². The van der Waals surface area contributed by atoms with Gasteiger partial charge in [-0.1, -0.05) is 13.8 Å². The number of halogens is 1. The van der Waals surface area contributed by atoms with Crippen molar-refractivity contribution in [1.82, 2.24) is 9.97 Å². The summed E-state index contributed by atoms with van der Waals surface area (Å²) >= 11 is 4.90. The summed E-state index contributed by atoms with van der Waals surface area (Å²) in [7, 11) is 0. The van der Waals surface area contributed by atoms with E-state index in [2.05, 4.69) is 32.8 Å². The summed E-state index contributed by atoms with van der Waals surface area (Å²) in [5.41, 5.74) is 1.40. The first kappa shape index (κ1) is 18.4. The maximum absolute atomic E-state index is 12.9. The zero-order chi connectivity index (χ0) is 18.0. The van der Waals surface area contributed by atoms with E-state index in [4.69, 9.17) is 0 Å². The Hall–Kier alpha value is -1.40. The maximum Gasteiger partial charge on any atom is 0.152 e. The fourth-order valence-electron chi connectivity index (χ4n) is 3.46. The Kier molecular flexibility index (Phi) is 5.79. The fourth-order valence-corrected chi connectivity index (χ4v) is 4.72. The number of aromatic nitrogens is 2. The van der Waals surface area contributed by atoms with E-state index in [0.717, 1.165) is 52.0 Å². The Balaban J connectivity index is 1.92. The molecular formula is C19H21BrN2O2S.